The first kappa shape index (κ1) is 20.9. The number of hydrogen-bond donors (Lipinski definition) is 0. The topological polar surface area (TPSA) is 91.4 Å². The molecule has 1 fully saturated rings. The predicted octanol–water partition coefficient (Wildman–Crippen LogP) is 3.43. The van der Waals surface area contributed by atoms with Gasteiger partial charge in [-0.3, -0.25) is 14.5 Å². The van der Waals surface area contributed by atoms with Crippen molar-refractivity contribution in [2.24, 2.45) is 0 Å². The molecule has 2 aromatic carbocycles. The van der Waals surface area contributed by atoms with Crippen molar-refractivity contribution in [3.8, 4) is 11.5 Å². The highest BCUT2D eigenvalue weighted by Gasteiger charge is 2.51. The molecule has 0 saturated carbocycles. The number of esters is 1. The van der Waals surface area contributed by atoms with Crippen molar-refractivity contribution in [1.29, 1.82) is 0 Å². The van der Waals surface area contributed by atoms with Crippen LogP contribution in [0.25, 0.3) is 0 Å². The second-order valence-corrected chi connectivity index (χ2v) is 12.8. The number of carbonyl (C=O) groups excluding carboxylic acids is 3. The Morgan fingerprint density at radius 2 is 1.81 bits per heavy atom. The molecule has 1 saturated heterocycles. The van der Waals surface area contributed by atoms with Gasteiger partial charge in [-0.15, -0.1) is 0 Å². The lowest BCUT2D eigenvalue weighted by Gasteiger charge is -2.46. The average molecular weight is 442 g/mol. The molecule has 2 heterocycles. The van der Waals surface area contributed by atoms with Gasteiger partial charge in [0.1, 0.15) is 6.04 Å². The van der Waals surface area contributed by atoms with Gasteiger partial charge in [-0.25, -0.2) is 4.79 Å². The molecular weight excluding hydrogens is 418 g/mol. The molecule has 9 heteroatoms. The number of β-lactam (4-membered cyclic amide) rings is 1. The van der Waals surface area contributed by atoms with Gasteiger partial charge in [0.15, 0.2) is 11.5 Å². The highest BCUT2D eigenvalue weighted by atomic mass is 28.4. The van der Waals surface area contributed by atoms with Crippen molar-refractivity contribution in [2.75, 3.05) is 11.7 Å². The number of carbonyl (C=O) groups is 3. The SMILES string of the molecule is CC(=O)O[C@@H]1C(=O)N(c2cccc(C(=O)O[Si](C)(C)C)c2)[C@H]1c1ccc2c(c1)OCO2. The fraction of sp³-hybridized carbons (Fsp3) is 0.318. The lowest BCUT2D eigenvalue weighted by Crippen LogP contribution is -2.60. The van der Waals surface area contributed by atoms with Gasteiger partial charge in [-0.05, 0) is 55.5 Å². The third-order valence-electron chi connectivity index (χ3n) is 4.84. The number of amides is 1. The van der Waals surface area contributed by atoms with Gasteiger partial charge >= 0.3 is 11.9 Å². The predicted molar refractivity (Wildman–Crippen MR) is 114 cm³/mol. The van der Waals surface area contributed by atoms with Crippen molar-refractivity contribution in [3.63, 3.8) is 0 Å². The summed E-state index contributed by atoms with van der Waals surface area (Å²) in [6.07, 6.45) is -0.963. The zero-order valence-corrected chi connectivity index (χ0v) is 18.7. The van der Waals surface area contributed by atoms with E-state index in [1.165, 1.54) is 11.8 Å². The number of benzene rings is 2. The smallest absolute Gasteiger partial charge is 0.324 e. The Morgan fingerprint density at radius 3 is 2.52 bits per heavy atom. The van der Waals surface area contributed by atoms with Crippen molar-refractivity contribution >= 4 is 31.9 Å². The Kier molecular flexibility index (Phi) is 5.22. The summed E-state index contributed by atoms with van der Waals surface area (Å²) >= 11 is 0. The second kappa shape index (κ2) is 7.73. The largest absolute Gasteiger partial charge is 0.516 e. The molecule has 8 nitrogen and oxygen atoms in total. The molecule has 2 aliphatic rings. The molecule has 2 atom stereocenters. The van der Waals surface area contributed by atoms with Gasteiger partial charge in [-0.1, -0.05) is 12.1 Å². The van der Waals surface area contributed by atoms with Crippen molar-refractivity contribution in [3.05, 3.63) is 53.6 Å². The number of rotatable bonds is 5. The van der Waals surface area contributed by atoms with Gasteiger partial charge in [0, 0.05) is 12.6 Å². The van der Waals surface area contributed by atoms with Crippen LogP contribution in [0.5, 0.6) is 11.5 Å². The minimum Gasteiger partial charge on any atom is -0.516 e. The fourth-order valence-corrected chi connectivity index (χ4v) is 4.26. The van der Waals surface area contributed by atoms with Crippen LogP contribution in [0.3, 0.4) is 0 Å². The van der Waals surface area contributed by atoms with E-state index < -0.39 is 32.4 Å². The summed E-state index contributed by atoms with van der Waals surface area (Å²) in [4.78, 5) is 38.5. The van der Waals surface area contributed by atoms with Crippen LogP contribution >= 0.6 is 0 Å². The van der Waals surface area contributed by atoms with Gasteiger partial charge in [0.05, 0.1) is 5.56 Å². The number of hydrogen-bond acceptors (Lipinski definition) is 7. The van der Waals surface area contributed by atoms with Crippen LogP contribution in [-0.2, 0) is 18.8 Å². The van der Waals surface area contributed by atoms with E-state index in [1.54, 1.807) is 42.5 Å². The maximum absolute atomic E-state index is 12.9. The molecule has 0 bridgehead atoms. The minimum absolute atomic E-state index is 0.126. The third-order valence-corrected chi connectivity index (χ3v) is 5.63. The van der Waals surface area contributed by atoms with E-state index in [9.17, 15) is 14.4 Å². The summed E-state index contributed by atoms with van der Waals surface area (Å²) in [7, 11) is -2.07. The summed E-state index contributed by atoms with van der Waals surface area (Å²) in [5.74, 6) is -0.165. The molecule has 0 spiro atoms. The summed E-state index contributed by atoms with van der Waals surface area (Å²) in [6, 6.07) is 11.5. The standard InChI is InChI=1S/C22H23NO7Si/c1-13(24)29-20-19(14-8-9-17-18(11-14)28-12-27-17)23(21(20)25)16-7-5-6-15(10-16)22(26)30-31(2,3)4/h5-11,19-20H,12H2,1-4H3/t19-,20-/m0/s1. The maximum atomic E-state index is 12.9. The molecule has 31 heavy (non-hydrogen) atoms. The van der Waals surface area contributed by atoms with E-state index in [4.69, 9.17) is 18.6 Å². The molecular formula is C22H23NO7Si. The maximum Gasteiger partial charge on any atom is 0.324 e. The van der Waals surface area contributed by atoms with E-state index in [0.717, 1.165) is 5.56 Å². The van der Waals surface area contributed by atoms with Gasteiger partial charge in [-0.2, -0.15) is 0 Å². The van der Waals surface area contributed by atoms with Crippen LogP contribution in [0.15, 0.2) is 42.5 Å². The number of ether oxygens (including phenoxy) is 3. The first-order chi connectivity index (χ1) is 14.6. The second-order valence-electron chi connectivity index (χ2n) is 8.35. The molecule has 0 unspecified atom stereocenters. The molecule has 0 aliphatic carbocycles. The Hall–Kier alpha value is -3.33. The van der Waals surface area contributed by atoms with Gasteiger partial charge < -0.3 is 18.6 Å². The molecule has 0 N–H and O–H groups in total. The first-order valence-corrected chi connectivity index (χ1v) is 13.3. The van der Waals surface area contributed by atoms with E-state index in [1.807, 2.05) is 19.6 Å². The van der Waals surface area contributed by atoms with Crippen molar-refractivity contribution in [2.45, 2.75) is 38.7 Å². The Morgan fingerprint density at radius 1 is 1.06 bits per heavy atom. The summed E-state index contributed by atoms with van der Waals surface area (Å²) < 4.78 is 21.7. The quantitative estimate of drug-likeness (QED) is 0.399. The molecule has 0 aromatic heterocycles. The Balaban J connectivity index is 1.68. The van der Waals surface area contributed by atoms with Crippen LogP contribution in [0, 0.1) is 0 Å². The van der Waals surface area contributed by atoms with Crippen LogP contribution in [-0.4, -0.2) is 39.1 Å². The molecule has 2 aromatic rings. The highest BCUT2D eigenvalue weighted by Crippen LogP contribution is 2.44. The third kappa shape index (κ3) is 4.13. The Labute approximate surface area is 180 Å². The van der Waals surface area contributed by atoms with Crippen molar-refractivity contribution in [1.82, 2.24) is 0 Å². The van der Waals surface area contributed by atoms with Gasteiger partial charge in [0.25, 0.3) is 5.91 Å². The summed E-state index contributed by atoms with van der Waals surface area (Å²) in [5, 5.41) is 0. The number of nitrogens with zero attached hydrogens (tertiary/aromatic N) is 1. The van der Waals surface area contributed by atoms with E-state index in [-0.39, 0.29) is 12.7 Å². The fourth-order valence-electron chi connectivity index (χ4n) is 3.58. The van der Waals surface area contributed by atoms with Crippen LogP contribution < -0.4 is 14.4 Å². The lowest BCUT2D eigenvalue weighted by molar-refractivity contribution is -0.160. The van der Waals surface area contributed by atoms with E-state index >= 15 is 0 Å². The molecule has 1 amide bonds. The number of fused-ring (bicyclic) bond motifs is 1. The van der Waals surface area contributed by atoms with Crippen LogP contribution in [0.4, 0.5) is 5.69 Å². The minimum atomic E-state index is -2.07. The van der Waals surface area contributed by atoms with Crippen molar-refractivity contribution < 1.29 is 33.0 Å². The highest BCUT2D eigenvalue weighted by molar-refractivity contribution is 6.71. The van der Waals surface area contributed by atoms with Crippen LogP contribution in [0.2, 0.25) is 19.6 Å². The molecule has 162 valence electrons. The summed E-state index contributed by atoms with van der Waals surface area (Å²) in [5.41, 5.74) is 1.60. The molecule has 4 rings (SSSR count). The lowest BCUT2D eigenvalue weighted by atomic mass is 9.89. The zero-order chi connectivity index (χ0) is 22.3. The molecule has 0 radical (unpaired) electrons. The monoisotopic (exact) mass is 441 g/mol. The normalized spacial score (nSPS) is 19.6. The molecule has 2 aliphatic heterocycles. The zero-order valence-electron chi connectivity index (χ0n) is 17.7. The van der Waals surface area contributed by atoms with Gasteiger partial charge in [0.2, 0.25) is 21.2 Å². The van der Waals surface area contributed by atoms with E-state index in [2.05, 4.69) is 0 Å². The summed E-state index contributed by atoms with van der Waals surface area (Å²) in [6.45, 7) is 7.16. The van der Waals surface area contributed by atoms with Crippen LogP contribution in [0.1, 0.15) is 28.9 Å². The average Bonchev–Trinajstić information content (AvgIpc) is 3.16. The Bertz CT molecular complexity index is 1060. The number of anilines is 1. The van der Waals surface area contributed by atoms with E-state index in [0.29, 0.717) is 22.7 Å². The first-order valence-electron chi connectivity index (χ1n) is 9.87.